The lowest BCUT2D eigenvalue weighted by molar-refractivity contribution is -0.136. The van der Waals surface area contributed by atoms with Crippen LogP contribution in [0.2, 0.25) is 0 Å². The average Bonchev–Trinajstić information content (AvgIpc) is 2.67. The molecule has 0 aromatic heterocycles. The van der Waals surface area contributed by atoms with Gasteiger partial charge in [0, 0.05) is 5.70 Å². The number of aryl methyl sites for hydroxylation is 1. The number of urea groups is 1. The summed E-state index contributed by atoms with van der Waals surface area (Å²) in [6.45, 7) is 5.84. The smallest absolute Gasteiger partial charge is 0.337 e. The third kappa shape index (κ3) is 4.17. The molecule has 0 saturated carbocycles. The summed E-state index contributed by atoms with van der Waals surface area (Å²) in [5.41, 5.74) is 2.86. The Bertz CT molecular complexity index is 916. The SMILES string of the molecule is COC(=O)C1=C(C(C)C)NC(=O)NC1c1ccc(Oc2cccc(C)c2)cc1. The molecule has 3 rings (SSSR count). The van der Waals surface area contributed by atoms with Crippen molar-refractivity contribution in [2.45, 2.75) is 26.8 Å². The van der Waals surface area contributed by atoms with Crippen LogP contribution in [0.1, 0.15) is 31.0 Å². The van der Waals surface area contributed by atoms with E-state index in [2.05, 4.69) is 10.6 Å². The van der Waals surface area contributed by atoms with E-state index in [9.17, 15) is 9.59 Å². The Morgan fingerprint density at radius 2 is 1.79 bits per heavy atom. The maximum Gasteiger partial charge on any atom is 0.337 e. The number of carbonyl (C=O) groups excluding carboxylic acids is 2. The van der Waals surface area contributed by atoms with E-state index in [1.54, 1.807) is 0 Å². The topological polar surface area (TPSA) is 76.7 Å². The van der Waals surface area contributed by atoms with Crippen LogP contribution in [0, 0.1) is 12.8 Å². The highest BCUT2D eigenvalue weighted by molar-refractivity contribution is 5.95. The Morgan fingerprint density at radius 1 is 1.07 bits per heavy atom. The maximum absolute atomic E-state index is 12.4. The standard InChI is InChI=1S/C22H24N2O4/c1-13(2)19-18(21(25)27-4)20(24-22(26)23-19)15-8-10-16(11-9-15)28-17-7-5-6-14(3)12-17/h5-13,20H,1-4H3,(H2,23,24,26). The summed E-state index contributed by atoms with van der Waals surface area (Å²) in [6.07, 6.45) is 0. The van der Waals surface area contributed by atoms with Gasteiger partial charge in [-0.05, 0) is 48.2 Å². The van der Waals surface area contributed by atoms with Gasteiger partial charge in [0.05, 0.1) is 18.7 Å². The Hall–Kier alpha value is -3.28. The summed E-state index contributed by atoms with van der Waals surface area (Å²) in [6, 6.07) is 14.1. The van der Waals surface area contributed by atoms with Crippen LogP contribution < -0.4 is 15.4 Å². The summed E-state index contributed by atoms with van der Waals surface area (Å²) in [5, 5.41) is 5.54. The molecule has 1 aliphatic heterocycles. The predicted molar refractivity (Wildman–Crippen MR) is 106 cm³/mol. The Labute approximate surface area is 164 Å². The van der Waals surface area contributed by atoms with Gasteiger partial charge in [0.15, 0.2) is 0 Å². The molecule has 1 atom stereocenters. The van der Waals surface area contributed by atoms with E-state index < -0.39 is 12.0 Å². The van der Waals surface area contributed by atoms with Gasteiger partial charge in [-0.25, -0.2) is 9.59 Å². The minimum atomic E-state index is -0.591. The molecule has 2 aromatic carbocycles. The normalized spacial score (nSPS) is 16.5. The fourth-order valence-corrected chi connectivity index (χ4v) is 3.17. The number of allylic oxidation sites excluding steroid dienone is 1. The first-order valence-corrected chi connectivity index (χ1v) is 9.13. The second kappa shape index (κ2) is 8.17. The van der Waals surface area contributed by atoms with Crippen molar-refractivity contribution < 1.29 is 19.1 Å². The van der Waals surface area contributed by atoms with Crippen molar-refractivity contribution >= 4 is 12.0 Å². The number of hydrogen-bond donors (Lipinski definition) is 2. The van der Waals surface area contributed by atoms with Crippen molar-refractivity contribution in [1.82, 2.24) is 10.6 Å². The lowest BCUT2D eigenvalue weighted by atomic mass is 9.91. The molecule has 1 unspecified atom stereocenters. The van der Waals surface area contributed by atoms with Crippen molar-refractivity contribution in [2.24, 2.45) is 5.92 Å². The number of benzene rings is 2. The third-order valence-electron chi connectivity index (χ3n) is 4.52. The first kappa shape index (κ1) is 19.5. The molecule has 1 aliphatic rings. The van der Waals surface area contributed by atoms with Crippen LogP contribution in [0.15, 0.2) is 59.8 Å². The van der Waals surface area contributed by atoms with Gasteiger partial charge < -0.3 is 20.1 Å². The molecule has 6 nitrogen and oxygen atoms in total. The number of ether oxygens (including phenoxy) is 2. The minimum Gasteiger partial charge on any atom is -0.466 e. The van der Waals surface area contributed by atoms with E-state index in [0.717, 1.165) is 16.9 Å². The van der Waals surface area contributed by atoms with Crippen molar-refractivity contribution in [3.05, 3.63) is 70.9 Å². The highest BCUT2D eigenvalue weighted by Crippen LogP contribution is 2.32. The van der Waals surface area contributed by atoms with Gasteiger partial charge in [-0.2, -0.15) is 0 Å². The number of rotatable bonds is 5. The molecule has 2 N–H and O–H groups in total. The molecule has 28 heavy (non-hydrogen) atoms. The lowest BCUT2D eigenvalue weighted by Gasteiger charge is -2.30. The molecule has 2 aromatic rings. The monoisotopic (exact) mass is 380 g/mol. The van der Waals surface area contributed by atoms with Gasteiger partial charge in [-0.1, -0.05) is 38.1 Å². The van der Waals surface area contributed by atoms with Gasteiger partial charge in [-0.15, -0.1) is 0 Å². The van der Waals surface area contributed by atoms with E-state index in [0.29, 0.717) is 17.0 Å². The zero-order chi connectivity index (χ0) is 20.3. The minimum absolute atomic E-state index is 0.0356. The van der Waals surface area contributed by atoms with Crippen molar-refractivity contribution in [1.29, 1.82) is 0 Å². The van der Waals surface area contributed by atoms with Crippen molar-refractivity contribution in [2.75, 3.05) is 7.11 Å². The molecule has 0 spiro atoms. The fraction of sp³-hybridized carbons (Fsp3) is 0.273. The Kier molecular flexibility index (Phi) is 5.68. The molecular formula is C22H24N2O4. The van der Waals surface area contributed by atoms with Crippen LogP contribution in [-0.4, -0.2) is 19.1 Å². The van der Waals surface area contributed by atoms with E-state index in [-0.39, 0.29) is 11.9 Å². The number of amides is 2. The van der Waals surface area contributed by atoms with Crippen LogP contribution in [0.3, 0.4) is 0 Å². The van der Waals surface area contributed by atoms with E-state index in [1.165, 1.54) is 7.11 Å². The van der Waals surface area contributed by atoms with Crippen LogP contribution in [0.25, 0.3) is 0 Å². The highest BCUT2D eigenvalue weighted by Gasteiger charge is 2.34. The maximum atomic E-state index is 12.4. The molecule has 0 radical (unpaired) electrons. The molecular weight excluding hydrogens is 356 g/mol. The zero-order valence-corrected chi connectivity index (χ0v) is 16.4. The van der Waals surface area contributed by atoms with E-state index >= 15 is 0 Å². The van der Waals surface area contributed by atoms with Crippen molar-refractivity contribution in [3.63, 3.8) is 0 Å². The summed E-state index contributed by atoms with van der Waals surface area (Å²) < 4.78 is 10.8. The fourth-order valence-electron chi connectivity index (χ4n) is 3.17. The third-order valence-corrected chi connectivity index (χ3v) is 4.52. The number of carbonyl (C=O) groups is 2. The first-order valence-electron chi connectivity index (χ1n) is 9.13. The molecule has 6 heteroatoms. The summed E-state index contributed by atoms with van der Waals surface area (Å²) >= 11 is 0. The number of nitrogens with one attached hydrogen (secondary N) is 2. The molecule has 0 saturated heterocycles. The molecule has 0 aliphatic carbocycles. The molecule has 0 bridgehead atoms. The number of methoxy groups -OCH3 is 1. The molecule has 0 fully saturated rings. The second-order valence-electron chi connectivity index (χ2n) is 6.99. The highest BCUT2D eigenvalue weighted by atomic mass is 16.5. The van der Waals surface area contributed by atoms with Gasteiger partial charge in [-0.3, -0.25) is 0 Å². The molecule has 2 amide bonds. The van der Waals surface area contributed by atoms with Crippen LogP contribution >= 0.6 is 0 Å². The second-order valence-corrected chi connectivity index (χ2v) is 6.99. The van der Waals surface area contributed by atoms with Crippen LogP contribution in [-0.2, 0) is 9.53 Å². The summed E-state index contributed by atoms with van der Waals surface area (Å²) in [7, 11) is 1.33. The Morgan fingerprint density at radius 3 is 2.39 bits per heavy atom. The summed E-state index contributed by atoms with van der Waals surface area (Å²) in [5.74, 6) is 0.912. The largest absolute Gasteiger partial charge is 0.466 e. The zero-order valence-electron chi connectivity index (χ0n) is 16.4. The summed E-state index contributed by atoms with van der Waals surface area (Å²) in [4.78, 5) is 24.5. The van der Waals surface area contributed by atoms with E-state index in [1.807, 2.05) is 69.3 Å². The van der Waals surface area contributed by atoms with Crippen LogP contribution in [0.4, 0.5) is 4.79 Å². The first-order chi connectivity index (χ1) is 13.4. The quantitative estimate of drug-likeness (QED) is 0.762. The van der Waals surface area contributed by atoms with Gasteiger partial charge in [0.2, 0.25) is 0 Å². The van der Waals surface area contributed by atoms with Gasteiger partial charge in [0.25, 0.3) is 0 Å². The Balaban J connectivity index is 1.91. The molecule has 1 heterocycles. The molecule has 146 valence electrons. The predicted octanol–water partition coefficient (Wildman–Crippen LogP) is 4.22. The van der Waals surface area contributed by atoms with E-state index in [4.69, 9.17) is 9.47 Å². The number of esters is 1. The number of hydrogen-bond acceptors (Lipinski definition) is 4. The van der Waals surface area contributed by atoms with Gasteiger partial charge >= 0.3 is 12.0 Å². The van der Waals surface area contributed by atoms with Crippen LogP contribution in [0.5, 0.6) is 11.5 Å². The lowest BCUT2D eigenvalue weighted by Crippen LogP contribution is -2.47. The van der Waals surface area contributed by atoms with Crippen molar-refractivity contribution in [3.8, 4) is 11.5 Å². The van der Waals surface area contributed by atoms with Gasteiger partial charge in [0.1, 0.15) is 11.5 Å². The average molecular weight is 380 g/mol.